The lowest BCUT2D eigenvalue weighted by atomic mass is 9.91. The Morgan fingerprint density at radius 3 is 2.13 bits per heavy atom. The molecule has 2 fully saturated rings. The van der Waals surface area contributed by atoms with E-state index in [0.717, 1.165) is 57.7 Å². The molecule has 0 saturated carbocycles. The van der Waals surface area contributed by atoms with Crippen LogP contribution in [-0.4, -0.2) is 77.7 Å². The SMILES string of the molecule is COc1ccsc1C1CCN(CCC(C(=O)N2CCCCCC2)c2ccccc2)CC1.O=C(O)C=CC(=O)O. The second kappa shape index (κ2) is 16.1. The first kappa shape index (κ1) is 30.4. The Balaban J connectivity index is 0.000000459. The van der Waals surface area contributed by atoms with E-state index in [1.165, 1.54) is 36.1 Å². The molecule has 2 aliphatic heterocycles. The monoisotopic (exact) mass is 556 g/mol. The number of amides is 1. The molecule has 2 N–H and O–H groups in total. The number of carboxylic acid groups (broad SMARTS) is 2. The van der Waals surface area contributed by atoms with E-state index in [0.29, 0.717) is 24.0 Å². The number of aliphatic carboxylic acids is 2. The molecule has 2 aliphatic rings. The lowest BCUT2D eigenvalue weighted by Crippen LogP contribution is -2.39. The number of carbonyl (C=O) groups excluding carboxylic acids is 1. The van der Waals surface area contributed by atoms with Crippen molar-refractivity contribution in [2.45, 2.75) is 56.8 Å². The molecule has 212 valence electrons. The number of thiophene rings is 1. The van der Waals surface area contributed by atoms with Crippen molar-refractivity contribution in [3.8, 4) is 5.75 Å². The van der Waals surface area contributed by atoms with Crippen molar-refractivity contribution in [1.82, 2.24) is 9.80 Å². The highest BCUT2D eigenvalue weighted by Gasteiger charge is 2.29. The Kier molecular flexibility index (Phi) is 12.5. The predicted octanol–water partition coefficient (Wildman–Crippen LogP) is 5.22. The molecule has 1 aromatic carbocycles. The second-order valence-electron chi connectivity index (χ2n) is 9.97. The van der Waals surface area contributed by atoms with E-state index in [1.807, 2.05) is 17.4 Å². The molecule has 1 unspecified atom stereocenters. The van der Waals surface area contributed by atoms with Crippen LogP contribution in [0.3, 0.4) is 0 Å². The highest BCUT2D eigenvalue weighted by Crippen LogP contribution is 2.38. The molecule has 0 aliphatic carbocycles. The van der Waals surface area contributed by atoms with Gasteiger partial charge in [-0.1, -0.05) is 43.2 Å². The fourth-order valence-electron chi connectivity index (χ4n) is 5.28. The van der Waals surface area contributed by atoms with Crippen LogP contribution in [0.1, 0.15) is 67.2 Å². The van der Waals surface area contributed by atoms with Crippen LogP contribution in [0, 0.1) is 0 Å². The van der Waals surface area contributed by atoms with Crippen molar-refractivity contribution in [3.05, 3.63) is 64.4 Å². The van der Waals surface area contributed by atoms with Crippen molar-refractivity contribution < 1.29 is 29.3 Å². The fraction of sp³-hybridized carbons (Fsp3) is 0.500. The van der Waals surface area contributed by atoms with Gasteiger partial charge in [-0.05, 0) is 74.7 Å². The van der Waals surface area contributed by atoms with Crippen LogP contribution in [0.2, 0.25) is 0 Å². The van der Waals surface area contributed by atoms with E-state index in [2.05, 4.69) is 45.5 Å². The molecule has 39 heavy (non-hydrogen) atoms. The zero-order valence-electron chi connectivity index (χ0n) is 22.7. The maximum absolute atomic E-state index is 13.5. The summed E-state index contributed by atoms with van der Waals surface area (Å²) < 4.78 is 5.54. The van der Waals surface area contributed by atoms with Crippen LogP contribution in [0.5, 0.6) is 5.75 Å². The summed E-state index contributed by atoms with van der Waals surface area (Å²) in [6, 6.07) is 12.5. The first-order valence-corrected chi connectivity index (χ1v) is 14.6. The lowest BCUT2D eigenvalue weighted by molar-refractivity contribution is -0.134. The van der Waals surface area contributed by atoms with Gasteiger partial charge < -0.3 is 24.7 Å². The van der Waals surface area contributed by atoms with Crippen LogP contribution in [0.15, 0.2) is 53.9 Å². The van der Waals surface area contributed by atoms with Gasteiger partial charge in [0.25, 0.3) is 0 Å². The molecular weight excluding hydrogens is 516 g/mol. The molecule has 1 atom stereocenters. The number of carboxylic acids is 2. The standard InChI is InChI=1S/C26H36N2O2S.C4H4O4/c1-30-24-14-20-31-25(24)22-11-17-27(18-12-22)19-13-23(21-9-5-4-6-10-21)26(29)28-15-7-2-3-8-16-28;5-3(6)1-2-4(7)8/h4-6,9-10,14,20,22-23H,2-3,7-8,11-13,15-19H2,1H3;1-2H,(H,5,6)(H,7,8). The van der Waals surface area contributed by atoms with E-state index in [9.17, 15) is 14.4 Å². The van der Waals surface area contributed by atoms with E-state index in [-0.39, 0.29) is 5.92 Å². The largest absolute Gasteiger partial charge is 0.496 e. The summed E-state index contributed by atoms with van der Waals surface area (Å²) in [5.41, 5.74) is 1.18. The maximum Gasteiger partial charge on any atom is 0.328 e. The van der Waals surface area contributed by atoms with Crippen molar-refractivity contribution in [2.75, 3.05) is 39.8 Å². The number of hydrogen-bond acceptors (Lipinski definition) is 6. The third kappa shape index (κ3) is 9.82. The van der Waals surface area contributed by atoms with Gasteiger partial charge in [0.1, 0.15) is 5.75 Å². The summed E-state index contributed by atoms with van der Waals surface area (Å²) in [4.78, 5) is 38.7. The normalized spacial score (nSPS) is 17.6. The molecule has 0 radical (unpaired) electrons. The van der Waals surface area contributed by atoms with Crippen molar-refractivity contribution in [1.29, 1.82) is 0 Å². The molecule has 2 saturated heterocycles. The molecule has 2 aromatic rings. The van der Waals surface area contributed by atoms with Crippen molar-refractivity contribution in [3.63, 3.8) is 0 Å². The maximum atomic E-state index is 13.5. The Labute approximate surface area is 234 Å². The summed E-state index contributed by atoms with van der Waals surface area (Å²) in [5.74, 6) is -0.536. The predicted molar refractivity (Wildman–Crippen MR) is 153 cm³/mol. The molecule has 4 rings (SSSR count). The van der Waals surface area contributed by atoms with E-state index < -0.39 is 11.9 Å². The van der Waals surface area contributed by atoms with Gasteiger partial charge in [-0.2, -0.15) is 0 Å². The molecule has 8 nitrogen and oxygen atoms in total. The smallest absolute Gasteiger partial charge is 0.328 e. The summed E-state index contributed by atoms with van der Waals surface area (Å²) in [6.07, 6.45) is 9.17. The number of hydrogen-bond donors (Lipinski definition) is 2. The van der Waals surface area contributed by atoms with Crippen LogP contribution in [-0.2, 0) is 14.4 Å². The zero-order chi connectivity index (χ0) is 28.0. The van der Waals surface area contributed by atoms with Gasteiger partial charge in [0.05, 0.1) is 13.0 Å². The molecule has 0 spiro atoms. The van der Waals surface area contributed by atoms with Gasteiger partial charge >= 0.3 is 11.9 Å². The summed E-state index contributed by atoms with van der Waals surface area (Å²) in [7, 11) is 1.77. The van der Waals surface area contributed by atoms with Gasteiger partial charge in [0.15, 0.2) is 0 Å². The highest BCUT2D eigenvalue weighted by molar-refractivity contribution is 7.10. The van der Waals surface area contributed by atoms with Crippen LogP contribution >= 0.6 is 11.3 Å². The van der Waals surface area contributed by atoms with Gasteiger partial charge in [0.2, 0.25) is 5.91 Å². The third-order valence-electron chi connectivity index (χ3n) is 7.36. The van der Waals surface area contributed by atoms with E-state index in [1.54, 1.807) is 7.11 Å². The number of ether oxygens (including phenoxy) is 1. The average Bonchev–Trinajstić information content (AvgIpc) is 3.26. The molecule has 1 aromatic heterocycles. The Morgan fingerprint density at radius 1 is 0.949 bits per heavy atom. The van der Waals surface area contributed by atoms with E-state index >= 15 is 0 Å². The topological polar surface area (TPSA) is 107 Å². The number of nitrogens with zero attached hydrogens (tertiary/aromatic N) is 2. The minimum absolute atomic E-state index is 0.0191. The Hall–Kier alpha value is -3.17. The van der Waals surface area contributed by atoms with Gasteiger partial charge in [-0.3, -0.25) is 4.79 Å². The van der Waals surface area contributed by atoms with E-state index in [4.69, 9.17) is 14.9 Å². The fourth-order valence-corrected chi connectivity index (χ4v) is 6.31. The summed E-state index contributed by atoms with van der Waals surface area (Å²) in [6.45, 7) is 5.05. The number of piperidine rings is 1. The minimum atomic E-state index is -1.26. The van der Waals surface area contributed by atoms with Crippen LogP contribution < -0.4 is 4.74 Å². The van der Waals surface area contributed by atoms with Crippen molar-refractivity contribution >= 4 is 29.2 Å². The first-order valence-electron chi connectivity index (χ1n) is 13.7. The van der Waals surface area contributed by atoms with Crippen molar-refractivity contribution in [2.24, 2.45) is 0 Å². The summed E-state index contributed by atoms with van der Waals surface area (Å²) >= 11 is 1.83. The zero-order valence-corrected chi connectivity index (χ0v) is 23.5. The van der Waals surface area contributed by atoms with Gasteiger partial charge in [-0.25, -0.2) is 9.59 Å². The Bertz CT molecular complexity index is 1050. The second-order valence-corrected chi connectivity index (χ2v) is 10.9. The number of rotatable bonds is 9. The lowest BCUT2D eigenvalue weighted by Gasteiger charge is -2.33. The minimum Gasteiger partial charge on any atom is -0.496 e. The quantitative estimate of drug-likeness (QED) is 0.408. The molecule has 3 heterocycles. The third-order valence-corrected chi connectivity index (χ3v) is 8.42. The molecule has 0 bridgehead atoms. The molecule has 9 heteroatoms. The molecular formula is C30H40N2O6S. The van der Waals surface area contributed by atoms with Crippen LogP contribution in [0.25, 0.3) is 0 Å². The Morgan fingerprint density at radius 2 is 1.56 bits per heavy atom. The number of methoxy groups -OCH3 is 1. The van der Waals surface area contributed by atoms with Crippen LogP contribution in [0.4, 0.5) is 0 Å². The van der Waals surface area contributed by atoms with Gasteiger partial charge in [-0.15, -0.1) is 11.3 Å². The number of likely N-dealkylation sites (tertiary alicyclic amines) is 2. The van der Waals surface area contributed by atoms with Gasteiger partial charge in [0, 0.05) is 30.1 Å². The molecule has 1 amide bonds. The first-order chi connectivity index (χ1) is 18.9. The number of carbonyl (C=O) groups is 3. The number of benzene rings is 1. The average molecular weight is 557 g/mol. The highest BCUT2D eigenvalue weighted by atomic mass is 32.1. The summed E-state index contributed by atoms with van der Waals surface area (Å²) in [5, 5.41) is 17.8.